The number of nitrogens with one attached hydrogen (secondary N) is 2. The zero-order chi connectivity index (χ0) is 16.2. The Bertz CT molecular complexity index is 719. The number of furan rings is 1. The first kappa shape index (κ1) is 16.3. The summed E-state index contributed by atoms with van der Waals surface area (Å²) in [6.07, 6.45) is 1.41. The topological polar surface area (TPSA) is 88.4 Å². The van der Waals surface area contributed by atoms with Crippen molar-refractivity contribution in [1.82, 2.24) is 4.72 Å². The maximum Gasteiger partial charge on any atom is 0.291 e. The molecule has 118 valence electrons. The summed E-state index contributed by atoms with van der Waals surface area (Å²) in [5.41, 5.74) is 0.490. The minimum atomic E-state index is -3.53. The van der Waals surface area contributed by atoms with Gasteiger partial charge < -0.3 is 9.73 Å². The fraction of sp³-hybridized carbons (Fsp3) is 0.267. The number of sulfonamides is 1. The highest BCUT2D eigenvalue weighted by Gasteiger charge is 2.14. The minimum absolute atomic E-state index is 0.157. The maximum atomic E-state index is 12.0. The number of hydrogen-bond acceptors (Lipinski definition) is 4. The third-order valence-electron chi connectivity index (χ3n) is 2.85. The molecule has 0 fully saturated rings. The molecule has 0 atom stereocenters. The van der Waals surface area contributed by atoms with Crippen LogP contribution in [0.3, 0.4) is 0 Å². The molecule has 7 heteroatoms. The number of amides is 1. The Kier molecular flexibility index (Phi) is 4.99. The Morgan fingerprint density at radius 3 is 2.41 bits per heavy atom. The Labute approximate surface area is 129 Å². The van der Waals surface area contributed by atoms with E-state index in [-0.39, 0.29) is 16.6 Å². The molecule has 22 heavy (non-hydrogen) atoms. The van der Waals surface area contributed by atoms with Crippen LogP contribution in [0.1, 0.15) is 24.4 Å². The van der Waals surface area contributed by atoms with Crippen LogP contribution in [0.5, 0.6) is 0 Å². The molecular weight excluding hydrogens is 304 g/mol. The number of rotatable bonds is 6. The molecule has 1 aromatic carbocycles. The fourth-order valence-corrected chi connectivity index (χ4v) is 2.89. The summed E-state index contributed by atoms with van der Waals surface area (Å²) < 4.78 is 31.6. The molecular formula is C15H18N2O4S. The molecule has 0 saturated carbocycles. The van der Waals surface area contributed by atoms with Crippen LogP contribution in [0.25, 0.3) is 0 Å². The van der Waals surface area contributed by atoms with Gasteiger partial charge in [0.15, 0.2) is 5.76 Å². The predicted octanol–water partition coefficient (Wildman–Crippen LogP) is 2.47. The SMILES string of the molecule is CC(C)CNS(=O)(=O)c1ccc(NC(=O)c2ccco2)cc1. The lowest BCUT2D eigenvalue weighted by molar-refractivity contribution is 0.0996. The molecule has 6 nitrogen and oxygen atoms in total. The van der Waals surface area contributed by atoms with Gasteiger partial charge in [-0.25, -0.2) is 13.1 Å². The smallest absolute Gasteiger partial charge is 0.291 e. The highest BCUT2D eigenvalue weighted by atomic mass is 32.2. The van der Waals surface area contributed by atoms with E-state index >= 15 is 0 Å². The zero-order valence-corrected chi connectivity index (χ0v) is 13.2. The van der Waals surface area contributed by atoms with E-state index in [0.29, 0.717) is 12.2 Å². The molecule has 0 radical (unpaired) electrons. The summed E-state index contributed by atoms with van der Waals surface area (Å²) in [6.45, 7) is 4.23. The van der Waals surface area contributed by atoms with Crippen LogP contribution in [-0.2, 0) is 10.0 Å². The van der Waals surface area contributed by atoms with Gasteiger partial charge in [-0.3, -0.25) is 4.79 Å². The lowest BCUT2D eigenvalue weighted by Crippen LogP contribution is -2.27. The highest BCUT2D eigenvalue weighted by Crippen LogP contribution is 2.15. The summed E-state index contributed by atoms with van der Waals surface area (Å²) >= 11 is 0. The third kappa shape index (κ3) is 4.19. The van der Waals surface area contributed by atoms with Crippen molar-refractivity contribution in [3.05, 3.63) is 48.4 Å². The van der Waals surface area contributed by atoms with E-state index in [1.807, 2.05) is 13.8 Å². The second kappa shape index (κ2) is 6.76. The van der Waals surface area contributed by atoms with Crippen LogP contribution in [0.2, 0.25) is 0 Å². The first-order chi connectivity index (χ1) is 10.4. The van der Waals surface area contributed by atoms with Gasteiger partial charge in [-0.05, 0) is 42.3 Å². The zero-order valence-electron chi connectivity index (χ0n) is 12.4. The molecule has 1 aromatic heterocycles. The number of carbonyl (C=O) groups excluding carboxylic acids is 1. The molecule has 2 N–H and O–H groups in total. The normalized spacial score (nSPS) is 11.6. The van der Waals surface area contributed by atoms with Crippen LogP contribution < -0.4 is 10.0 Å². The molecule has 2 rings (SSSR count). The van der Waals surface area contributed by atoms with Gasteiger partial charge in [0.05, 0.1) is 11.2 Å². The summed E-state index contributed by atoms with van der Waals surface area (Å²) in [6, 6.07) is 9.12. The van der Waals surface area contributed by atoms with Gasteiger partial charge in [-0.1, -0.05) is 13.8 Å². The van der Waals surface area contributed by atoms with Crippen LogP contribution in [0.15, 0.2) is 52.0 Å². The summed E-state index contributed by atoms with van der Waals surface area (Å²) in [7, 11) is -3.53. The van der Waals surface area contributed by atoms with Crippen LogP contribution in [-0.4, -0.2) is 20.9 Å². The Morgan fingerprint density at radius 1 is 1.18 bits per heavy atom. The second-order valence-electron chi connectivity index (χ2n) is 5.20. The molecule has 1 heterocycles. The van der Waals surface area contributed by atoms with Gasteiger partial charge in [0, 0.05) is 12.2 Å². The minimum Gasteiger partial charge on any atom is -0.459 e. The van der Waals surface area contributed by atoms with Gasteiger partial charge in [-0.15, -0.1) is 0 Å². The molecule has 0 aliphatic carbocycles. The first-order valence-corrected chi connectivity index (χ1v) is 8.31. The van der Waals surface area contributed by atoms with E-state index < -0.39 is 15.9 Å². The van der Waals surface area contributed by atoms with Crippen LogP contribution in [0, 0.1) is 5.92 Å². The maximum absolute atomic E-state index is 12.0. The number of benzene rings is 1. The molecule has 0 unspecified atom stereocenters. The first-order valence-electron chi connectivity index (χ1n) is 6.83. The molecule has 0 spiro atoms. The van der Waals surface area contributed by atoms with Crippen molar-refractivity contribution in [2.45, 2.75) is 18.7 Å². The lowest BCUT2D eigenvalue weighted by atomic mass is 10.2. The van der Waals surface area contributed by atoms with Crippen molar-refractivity contribution in [2.24, 2.45) is 5.92 Å². The van der Waals surface area contributed by atoms with Gasteiger partial charge in [0.2, 0.25) is 10.0 Å². The summed E-state index contributed by atoms with van der Waals surface area (Å²) in [5, 5.41) is 2.63. The van der Waals surface area contributed by atoms with Crippen molar-refractivity contribution in [3.8, 4) is 0 Å². The van der Waals surface area contributed by atoms with Crippen LogP contribution in [0.4, 0.5) is 5.69 Å². The predicted molar refractivity (Wildman–Crippen MR) is 83.1 cm³/mol. The van der Waals surface area contributed by atoms with E-state index in [4.69, 9.17) is 4.42 Å². The van der Waals surface area contributed by atoms with E-state index in [0.717, 1.165) is 0 Å². The monoisotopic (exact) mass is 322 g/mol. The third-order valence-corrected chi connectivity index (χ3v) is 4.29. The highest BCUT2D eigenvalue weighted by molar-refractivity contribution is 7.89. The second-order valence-corrected chi connectivity index (χ2v) is 6.97. The largest absolute Gasteiger partial charge is 0.459 e. The molecule has 0 bridgehead atoms. The van der Waals surface area contributed by atoms with Crippen molar-refractivity contribution in [1.29, 1.82) is 0 Å². The lowest BCUT2D eigenvalue weighted by Gasteiger charge is -2.09. The Morgan fingerprint density at radius 2 is 1.86 bits per heavy atom. The van der Waals surface area contributed by atoms with E-state index in [1.54, 1.807) is 12.1 Å². The molecule has 0 aliphatic heterocycles. The molecule has 2 aromatic rings. The molecule has 0 saturated heterocycles. The van der Waals surface area contributed by atoms with Crippen molar-refractivity contribution in [2.75, 3.05) is 11.9 Å². The van der Waals surface area contributed by atoms with Crippen molar-refractivity contribution in [3.63, 3.8) is 0 Å². The van der Waals surface area contributed by atoms with E-state index in [9.17, 15) is 13.2 Å². The van der Waals surface area contributed by atoms with Gasteiger partial charge in [0.25, 0.3) is 5.91 Å². The summed E-state index contributed by atoms with van der Waals surface area (Å²) in [4.78, 5) is 12.0. The van der Waals surface area contributed by atoms with E-state index in [2.05, 4.69) is 10.0 Å². The fourth-order valence-electron chi connectivity index (χ4n) is 1.68. The molecule has 0 aliphatic rings. The number of anilines is 1. The Balaban J connectivity index is 2.05. The average molecular weight is 322 g/mol. The van der Waals surface area contributed by atoms with Gasteiger partial charge in [0.1, 0.15) is 0 Å². The van der Waals surface area contributed by atoms with Gasteiger partial charge >= 0.3 is 0 Å². The van der Waals surface area contributed by atoms with Crippen molar-refractivity contribution < 1.29 is 17.6 Å². The van der Waals surface area contributed by atoms with Gasteiger partial charge in [-0.2, -0.15) is 0 Å². The number of hydrogen-bond donors (Lipinski definition) is 2. The summed E-state index contributed by atoms with van der Waals surface area (Å²) in [5.74, 6) is 0.0236. The average Bonchev–Trinajstić information content (AvgIpc) is 3.00. The number of carbonyl (C=O) groups is 1. The quantitative estimate of drug-likeness (QED) is 0.855. The van der Waals surface area contributed by atoms with Crippen molar-refractivity contribution >= 4 is 21.6 Å². The van der Waals surface area contributed by atoms with E-state index in [1.165, 1.54) is 30.5 Å². The Hall–Kier alpha value is -2.12. The molecule has 1 amide bonds. The van der Waals surface area contributed by atoms with Crippen LogP contribution >= 0.6 is 0 Å². The standard InChI is InChI=1S/C15H18N2O4S/c1-11(2)10-16-22(19,20)13-7-5-12(6-8-13)17-15(18)14-4-3-9-21-14/h3-9,11,16H,10H2,1-2H3,(H,17,18).